The molecule has 0 aliphatic rings. The SMILES string of the molecule is CC(C)CC(CO)NS(=O)(=O)c1ccc(C(=O)O)s1. The van der Waals surface area contributed by atoms with Crippen LogP contribution in [0.2, 0.25) is 0 Å². The van der Waals surface area contributed by atoms with Crippen LogP contribution in [0.5, 0.6) is 0 Å². The van der Waals surface area contributed by atoms with Gasteiger partial charge in [-0.1, -0.05) is 13.8 Å². The minimum absolute atomic E-state index is 0.0372. The molecule has 3 N–H and O–H groups in total. The Kier molecular flexibility index (Phi) is 5.48. The lowest BCUT2D eigenvalue weighted by molar-refractivity contribution is 0.0702. The van der Waals surface area contributed by atoms with Gasteiger partial charge in [-0.2, -0.15) is 0 Å². The van der Waals surface area contributed by atoms with Crippen molar-refractivity contribution in [2.75, 3.05) is 6.61 Å². The summed E-state index contributed by atoms with van der Waals surface area (Å²) in [6.45, 7) is 3.55. The van der Waals surface area contributed by atoms with Gasteiger partial charge >= 0.3 is 5.97 Å². The Balaban J connectivity index is 2.87. The number of nitrogens with one attached hydrogen (secondary N) is 1. The van der Waals surface area contributed by atoms with Crippen LogP contribution in [0.25, 0.3) is 0 Å². The van der Waals surface area contributed by atoms with E-state index in [1.165, 1.54) is 12.1 Å². The molecule has 0 saturated carbocycles. The van der Waals surface area contributed by atoms with E-state index in [0.29, 0.717) is 17.8 Å². The molecule has 1 heterocycles. The fraction of sp³-hybridized carbons (Fsp3) is 0.545. The molecule has 1 atom stereocenters. The second-order valence-corrected chi connectivity index (χ2v) is 7.58. The van der Waals surface area contributed by atoms with Crippen molar-refractivity contribution in [3.8, 4) is 0 Å². The lowest BCUT2D eigenvalue weighted by Gasteiger charge is -2.17. The van der Waals surface area contributed by atoms with Gasteiger partial charge in [-0.15, -0.1) is 11.3 Å². The molecule has 1 rings (SSSR count). The van der Waals surface area contributed by atoms with Crippen molar-refractivity contribution in [2.45, 2.75) is 30.5 Å². The van der Waals surface area contributed by atoms with Crippen LogP contribution in [-0.4, -0.2) is 37.2 Å². The summed E-state index contributed by atoms with van der Waals surface area (Å²) in [7, 11) is -3.78. The predicted molar refractivity (Wildman–Crippen MR) is 71.9 cm³/mol. The number of aliphatic hydroxyl groups excluding tert-OH is 1. The maximum absolute atomic E-state index is 12.0. The maximum atomic E-state index is 12.0. The third-order valence-electron chi connectivity index (χ3n) is 2.36. The smallest absolute Gasteiger partial charge is 0.345 e. The number of sulfonamides is 1. The van der Waals surface area contributed by atoms with E-state index in [9.17, 15) is 13.2 Å². The van der Waals surface area contributed by atoms with Gasteiger partial charge < -0.3 is 10.2 Å². The van der Waals surface area contributed by atoms with Gasteiger partial charge in [0.1, 0.15) is 9.09 Å². The number of aliphatic hydroxyl groups is 1. The summed E-state index contributed by atoms with van der Waals surface area (Å²) in [4.78, 5) is 10.7. The molecule has 0 fully saturated rings. The van der Waals surface area contributed by atoms with Gasteiger partial charge in [0.15, 0.2) is 0 Å². The lowest BCUT2D eigenvalue weighted by Crippen LogP contribution is -2.38. The van der Waals surface area contributed by atoms with E-state index in [-0.39, 0.29) is 21.6 Å². The zero-order valence-corrected chi connectivity index (χ0v) is 12.3. The summed E-state index contributed by atoms with van der Waals surface area (Å²) in [5.74, 6) is -0.926. The molecule has 0 aromatic carbocycles. The summed E-state index contributed by atoms with van der Waals surface area (Å²) in [6.07, 6.45) is 0.507. The molecule has 0 amide bonds. The first-order chi connectivity index (χ1) is 8.76. The molecule has 0 radical (unpaired) electrons. The van der Waals surface area contributed by atoms with Crippen LogP contribution in [0.15, 0.2) is 16.3 Å². The topological polar surface area (TPSA) is 104 Å². The second-order valence-electron chi connectivity index (χ2n) is 4.55. The highest BCUT2D eigenvalue weighted by Gasteiger charge is 2.23. The van der Waals surface area contributed by atoms with Crippen LogP contribution < -0.4 is 4.72 Å². The standard InChI is InChI=1S/C11H17NO5S2/c1-7(2)5-8(6-13)12-19(16,17)10-4-3-9(18-10)11(14)15/h3-4,7-8,12-13H,5-6H2,1-2H3,(H,14,15). The number of carboxylic acids is 1. The molecule has 0 spiro atoms. The first kappa shape index (κ1) is 16.1. The van der Waals surface area contributed by atoms with Crippen molar-refractivity contribution >= 4 is 27.3 Å². The monoisotopic (exact) mass is 307 g/mol. The molecule has 6 nitrogen and oxygen atoms in total. The quantitative estimate of drug-likeness (QED) is 0.700. The Morgan fingerprint density at radius 2 is 2.05 bits per heavy atom. The van der Waals surface area contributed by atoms with Gasteiger partial charge in [0, 0.05) is 6.04 Å². The molecule has 19 heavy (non-hydrogen) atoms. The summed E-state index contributed by atoms with van der Waals surface area (Å²) >= 11 is 0.688. The highest BCUT2D eigenvalue weighted by Crippen LogP contribution is 2.22. The molecule has 1 aromatic heterocycles. The van der Waals surface area contributed by atoms with Gasteiger partial charge in [0.05, 0.1) is 6.61 Å². The lowest BCUT2D eigenvalue weighted by atomic mass is 10.1. The summed E-state index contributed by atoms with van der Waals surface area (Å²) in [6, 6.07) is 1.93. The van der Waals surface area contributed by atoms with Crippen LogP contribution in [0.1, 0.15) is 29.9 Å². The number of hydrogen-bond donors (Lipinski definition) is 3. The number of carboxylic acid groups (broad SMARTS) is 1. The molecular weight excluding hydrogens is 290 g/mol. The molecule has 1 unspecified atom stereocenters. The fourth-order valence-electron chi connectivity index (χ4n) is 1.59. The predicted octanol–water partition coefficient (Wildman–Crippen LogP) is 1.13. The Hall–Kier alpha value is -0.960. The summed E-state index contributed by atoms with van der Waals surface area (Å²) in [5.41, 5.74) is 0. The number of thiophene rings is 1. The van der Waals surface area contributed by atoms with Gasteiger partial charge in [0.2, 0.25) is 10.0 Å². The van der Waals surface area contributed by atoms with E-state index in [4.69, 9.17) is 10.2 Å². The number of aromatic carboxylic acids is 1. The average Bonchev–Trinajstić information content (AvgIpc) is 2.77. The number of carbonyl (C=O) groups is 1. The highest BCUT2D eigenvalue weighted by atomic mass is 32.2. The zero-order chi connectivity index (χ0) is 14.6. The van der Waals surface area contributed by atoms with Gasteiger partial charge in [-0.05, 0) is 24.5 Å². The van der Waals surface area contributed by atoms with Crippen LogP contribution in [0.4, 0.5) is 0 Å². The van der Waals surface area contributed by atoms with Crippen molar-refractivity contribution in [3.05, 3.63) is 17.0 Å². The largest absolute Gasteiger partial charge is 0.477 e. The van der Waals surface area contributed by atoms with E-state index >= 15 is 0 Å². The Labute approximate surface area is 116 Å². The van der Waals surface area contributed by atoms with Crippen LogP contribution in [-0.2, 0) is 10.0 Å². The minimum Gasteiger partial charge on any atom is -0.477 e. The van der Waals surface area contributed by atoms with Crippen molar-refractivity contribution in [1.29, 1.82) is 0 Å². The number of hydrogen-bond acceptors (Lipinski definition) is 5. The van der Waals surface area contributed by atoms with Crippen molar-refractivity contribution in [2.24, 2.45) is 5.92 Å². The van der Waals surface area contributed by atoms with E-state index in [0.717, 1.165) is 0 Å². The molecule has 0 bridgehead atoms. The molecule has 108 valence electrons. The average molecular weight is 307 g/mol. The van der Waals surface area contributed by atoms with Crippen LogP contribution in [0.3, 0.4) is 0 Å². The van der Waals surface area contributed by atoms with Gasteiger partial charge in [-0.3, -0.25) is 0 Å². The van der Waals surface area contributed by atoms with Crippen molar-refractivity contribution in [3.63, 3.8) is 0 Å². The van der Waals surface area contributed by atoms with E-state index < -0.39 is 22.0 Å². The molecule has 1 aromatic rings. The Morgan fingerprint density at radius 1 is 1.42 bits per heavy atom. The van der Waals surface area contributed by atoms with Crippen LogP contribution in [0, 0.1) is 5.92 Å². The molecular formula is C11H17NO5S2. The van der Waals surface area contributed by atoms with E-state index in [1.807, 2.05) is 13.8 Å². The highest BCUT2D eigenvalue weighted by molar-refractivity contribution is 7.91. The first-order valence-electron chi connectivity index (χ1n) is 5.72. The van der Waals surface area contributed by atoms with Crippen molar-refractivity contribution < 1.29 is 23.4 Å². The Bertz CT molecular complexity index is 535. The van der Waals surface area contributed by atoms with Crippen LogP contribution >= 0.6 is 11.3 Å². The third-order valence-corrected chi connectivity index (χ3v) is 5.44. The second kappa shape index (κ2) is 6.47. The normalized spacial score (nSPS) is 13.7. The third kappa shape index (κ3) is 4.57. The molecule has 0 aliphatic carbocycles. The van der Waals surface area contributed by atoms with Crippen molar-refractivity contribution in [1.82, 2.24) is 4.72 Å². The first-order valence-corrected chi connectivity index (χ1v) is 8.02. The summed E-state index contributed by atoms with van der Waals surface area (Å²) < 4.78 is 26.3. The Morgan fingerprint density at radius 3 is 2.47 bits per heavy atom. The number of rotatable bonds is 7. The summed E-state index contributed by atoms with van der Waals surface area (Å²) in [5, 5.41) is 17.9. The van der Waals surface area contributed by atoms with E-state index in [1.54, 1.807) is 0 Å². The van der Waals surface area contributed by atoms with Gasteiger partial charge in [0.25, 0.3) is 0 Å². The fourth-order valence-corrected chi connectivity index (χ4v) is 3.99. The molecule has 8 heteroatoms. The zero-order valence-electron chi connectivity index (χ0n) is 10.7. The van der Waals surface area contributed by atoms with E-state index in [2.05, 4.69) is 4.72 Å². The molecule has 0 aliphatic heterocycles. The van der Waals surface area contributed by atoms with Gasteiger partial charge in [-0.25, -0.2) is 17.9 Å². The maximum Gasteiger partial charge on any atom is 0.345 e. The minimum atomic E-state index is -3.78. The molecule has 0 saturated heterocycles.